The molecule has 10 heteroatoms. The first-order chi connectivity index (χ1) is 18.1. The van der Waals surface area contributed by atoms with Crippen molar-refractivity contribution in [3.8, 4) is 22.9 Å². The molecular formula is C28H25FN4O4S. The highest BCUT2D eigenvalue weighted by molar-refractivity contribution is 7.86. The Bertz CT molecular complexity index is 1930. The Labute approximate surface area is 218 Å². The highest BCUT2D eigenvalue weighted by atomic mass is 32.3. The Balaban J connectivity index is 1.91. The van der Waals surface area contributed by atoms with Crippen LogP contribution in [0.15, 0.2) is 58.5 Å². The van der Waals surface area contributed by atoms with Crippen LogP contribution >= 0.6 is 0 Å². The van der Waals surface area contributed by atoms with E-state index in [0.29, 0.717) is 56.4 Å². The van der Waals surface area contributed by atoms with Gasteiger partial charge in [-0.3, -0.25) is 9.78 Å². The van der Waals surface area contributed by atoms with E-state index in [4.69, 9.17) is 4.74 Å². The summed E-state index contributed by atoms with van der Waals surface area (Å²) in [5.41, 5.74) is 3.02. The Morgan fingerprint density at radius 3 is 2.63 bits per heavy atom. The van der Waals surface area contributed by atoms with Crippen LogP contribution in [0.4, 0.5) is 3.89 Å². The number of rotatable bonds is 7. The van der Waals surface area contributed by atoms with Crippen molar-refractivity contribution < 1.29 is 17.0 Å². The zero-order valence-electron chi connectivity index (χ0n) is 21.1. The van der Waals surface area contributed by atoms with Gasteiger partial charge < -0.3 is 14.3 Å². The van der Waals surface area contributed by atoms with Crippen LogP contribution in [0.1, 0.15) is 39.2 Å². The largest absolute Gasteiger partial charge is 0.490 e. The summed E-state index contributed by atoms with van der Waals surface area (Å²) < 4.78 is 45.0. The third kappa shape index (κ3) is 4.39. The molecule has 0 aliphatic heterocycles. The molecule has 3 heterocycles. The lowest BCUT2D eigenvalue weighted by Gasteiger charge is -2.19. The predicted molar refractivity (Wildman–Crippen MR) is 144 cm³/mol. The van der Waals surface area contributed by atoms with E-state index in [0.717, 1.165) is 24.4 Å². The molecule has 0 aliphatic carbocycles. The van der Waals surface area contributed by atoms with Gasteiger partial charge in [-0.05, 0) is 50.6 Å². The van der Waals surface area contributed by atoms with Crippen LogP contribution in [0.2, 0.25) is 0 Å². The molecule has 0 saturated carbocycles. The minimum absolute atomic E-state index is 0.197. The highest BCUT2D eigenvalue weighted by Gasteiger charge is 2.21. The van der Waals surface area contributed by atoms with Gasteiger partial charge in [-0.25, -0.2) is 0 Å². The molecule has 0 fully saturated rings. The van der Waals surface area contributed by atoms with Crippen molar-refractivity contribution in [2.45, 2.75) is 51.2 Å². The fourth-order valence-electron chi connectivity index (χ4n) is 4.74. The van der Waals surface area contributed by atoms with Crippen LogP contribution < -0.4 is 10.2 Å². The first-order valence-corrected chi connectivity index (χ1v) is 13.6. The molecule has 3 aromatic heterocycles. The lowest BCUT2D eigenvalue weighted by atomic mass is 10.0. The molecule has 0 spiro atoms. The number of nitriles is 1. The van der Waals surface area contributed by atoms with Gasteiger partial charge in [0.2, 0.25) is 0 Å². The number of unbranched alkanes of at least 4 members (excludes halogenated alkanes) is 1. The normalized spacial score (nSPS) is 12.0. The number of halogens is 1. The lowest BCUT2D eigenvalue weighted by Crippen LogP contribution is -2.13. The van der Waals surface area contributed by atoms with Gasteiger partial charge in [0.1, 0.15) is 16.3 Å². The monoisotopic (exact) mass is 532 g/mol. The van der Waals surface area contributed by atoms with Crippen molar-refractivity contribution in [3.63, 3.8) is 0 Å². The van der Waals surface area contributed by atoms with Crippen molar-refractivity contribution in [2.75, 3.05) is 0 Å². The topological polar surface area (TPSA) is 118 Å². The predicted octanol–water partition coefficient (Wildman–Crippen LogP) is 5.82. The van der Waals surface area contributed by atoms with E-state index in [-0.39, 0.29) is 11.5 Å². The minimum Gasteiger partial charge on any atom is -0.490 e. The fraction of sp³-hybridized carbons (Fsp3) is 0.250. The maximum atomic E-state index is 13.9. The average molecular weight is 533 g/mol. The number of ether oxygens (including phenoxy) is 1. The molecule has 38 heavy (non-hydrogen) atoms. The molecule has 5 aromatic rings. The van der Waals surface area contributed by atoms with E-state index in [1.165, 1.54) is 12.3 Å². The first kappa shape index (κ1) is 25.4. The van der Waals surface area contributed by atoms with Crippen molar-refractivity contribution in [2.24, 2.45) is 0 Å². The van der Waals surface area contributed by atoms with Gasteiger partial charge in [0.15, 0.2) is 5.43 Å². The summed E-state index contributed by atoms with van der Waals surface area (Å²) >= 11 is 0. The number of H-pyrrole nitrogens is 1. The van der Waals surface area contributed by atoms with Crippen molar-refractivity contribution in [1.82, 2.24) is 14.5 Å². The van der Waals surface area contributed by atoms with E-state index < -0.39 is 15.1 Å². The van der Waals surface area contributed by atoms with Gasteiger partial charge in [0.05, 0.1) is 34.0 Å². The molecular weight excluding hydrogens is 507 g/mol. The summed E-state index contributed by atoms with van der Waals surface area (Å²) in [6.45, 7) is 6.34. The van der Waals surface area contributed by atoms with Crippen LogP contribution in [0, 0.1) is 11.3 Å². The standard InChI is InChI=1S/C28H25FN4O4S/c1-4-5-8-33-24-11-21(18-10-19(15-31-14-18)38(29,35)36)25(37-16(2)3)12-22(24)27(34)26-20-7-6-17(13-30)9-23(20)32-28(26)33/h6-7,9-12,14-16,32H,4-5,8H2,1-3H3. The van der Waals surface area contributed by atoms with Crippen LogP contribution in [0.5, 0.6) is 5.75 Å². The second-order valence-corrected chi connectivity index (χ2v) is 10.8. The summed E-state index contributed by atoms with van der Waals surface area (Å²) in [7, 11) is -4.97. The molecule has 0 bridgehead atoms. The van der Waals surface area contributed by atoms with Crippen LogP contribution in [-0.4, -0.2) is 29.1 Å². The molecule has 1 N–H and O–H groups in total. The smallest absolute Gasteiger partial charge is 0.333 e. The van der Waals surface area contributed by atoms with Gasteiger partial charge >= 0.3 is 10.2 Å². The molecule has 194 valence electrons. The highest BCUT2D eigenvalue weighted by Crippen LogP contribution is 2.37. The molecule has 5 rings (SSSR count). The van der Waals surface area contributed by atoms with E-state index in [1.54, 1.807) is 30.3 Å². The van der Waals surface area contributed by atoms with E-state index >= 15 is 0 Å². The molecule has 0 amide bonds. The zero-order valence-corrected chi connectivity index (χ0v) is 21.9. The number of aryl methyl sites for hydroxylation is 1. The number of nitrogens with one attached hydrogen (secondary N) is 1. The Morgan fingerprint density at radius 2 is 1.95 bits per heavy atom. The molecule has 8 nitrogen and oxygen atoms in total. The Kier molecular flexibility index (Phi) is 6.41. The number of fused-ring (bicyclic) bond motifs is 4. The summed E-state index contributed by atoms with van der Waals surface area (Å²) in [5, 5.41) is 11.0. The van der Waals surface area contributed by atoms with E-state index in [9.17, 15) is 22.4 Å². The summed E-state index contributed by atoms with van der Waals surface area (Å²) in [5.74, 6) is 0.354. The van der Waals surface area contributed by atoms with Crippen LogP contribution in [0.25, 0.3) is 44.0 Å². The number of hydrogen-bond acceptors (Lipinski definition) is 6. The van der Waals surface area contributed by atoms with Gasteiger partial charge in [0, 0.05) is 41.0 Å². The number of nitrogens with zero attached hydrogens (tertiary/aromatic N) is 3. The SMILES string of the molecule is CCCCn1c2cc(-c3cncc(S(=O)(=O)F)c3)c(OC(C)C)cc2c(=O)c2c3ccc(C#N)cc3[nH]c21. The molecule has 0 unspecified atom stereocenters. The van der Waals surface area contributed by atoms with E-state index in [2.05, 4.69) is 23.0 Å². The summed E-state index contributed by atoms with van der Waals surface area (Å²) in [6.07, 6.45) is 3.88. The van der Waals surface area contributed by atoms with Gasteiger partial charge in [0.25, 0.3) is 0 Å². The number of pyridine rings is 2. The third-order valence-electron chi connectivity index (χ3n) is 6.44. The summed E-state index contributed by atoms with van der Waals surface area (Å²) in [6, 6.07) is 11.9. The molecule has 0 atom stereocenters. The lowest BCUT2D eigenvalue weighted by molar-refractivity contribution is 0.244. The van der Waals surface area contributed by atoms with Gasteiger partial charge in [-0.1, -0.05) is 19.4 Å². The number of benzene rings is 2. The third-order valence-corrected chi connectivity index (χ3v) is 7.23. The molecule has 0 saturated heterocycles. The van der Waals surface area contributed by atoms with Gasteiger partial charge in [-0.2, -0.15) is 13.7 Å². The van der Waals surface area contributed by atoms with Crippen molar-refractivity contribution >= 4 is 43.1 Å². The quantitative estimate of drug-likeness (QED) is 0.264. The van der Waals surface area contributed by atoms with Crippen molar-refractivity contribution in [3.05, 3.63) is 64.6 Å². The van der Waals surface area contributed by atoms with Gasteiger partial charge in [-0.15, -0.1) is 3.89 Å². The summed E-state index contributed by atoms with van der Waals surface area (Å²) in [4.78, 5) is 20.6. The maximum absolute atomic E-state index is 13.9. The molecule has 0 aliphatic rings. The maximum Gasteiger partial charge on any atom is 0.333 e. The second kappa shape index (κ2) is 9.58. The Hall–Kier alpha value is -4.23. The van der Waals surface area contributed by atoms with E-state index in [1.807, 2.05) is 18.4 Å². The fourth-order valence-corrected chi connectivity index (χ4v) is 5.19. The second-order valence-electron chi connectivity index (χ2n) is 9.43. The zero-order chi connectivity index (χ0) is 27.2. The molecule has 2 aromatic carbocycles. The van der Waals surface area contributed by atoms with Crippen LogP contribution in [0.3, 0.4) is 0 Å². The van der Waals surface area contributed by atoms with Crippen LogP contribution in [-0.2, 0) is 16.8 Å². The first-order valence-electron chi connectivity index (χ1n) is 12.2. The Morgan fingerprint density at radius 1 is 1.16 bits per heavy atom. The molecule has 0 radical (unpaired) electrons. The number of hydrogen-bond donors (Lipinski definition) is 1. The average Bonchev–Trinajstić information content (AvgIpc) is 3.26. The van der Waals surface area contributed by atoms with Crippen molar-refractivity contribution in [1.29, 1.82) is 5.26 Å². The number of aromatic nitrogens is 3. The minimum atomic E-state index is -4.97. The number of aromatic amines is 1.